The van der Waals surface area contributed by atoms with Crippen molar-refractivity contribution in [2.24, 2.45) is 11.7 Å². The van der Waals surface area contributed by atoms with Crippen LogP contribution in [0.2, 0.25) is 5.02 Å². The number of nitrogens with zero attached hydrogens (tertiary/aromatic N) is 1. The Morgan fingerprint density at radius 2 is 2.18 bits per heavy atom. The Morgan fingerprint density at radius 1 is 1.47 bits per heavy atom. The minimum Gasteiger partial charge on any atom is -0.326 e. The van der Waals surface area contributed by atoms with Crippen molar-refractivity contribution in [1.29, 1.82) is 0 Å². The van der Waals surface area contributed by atoms with Crippen LogP contribution >= 0.6 is 11.6 Å². The van der Waals surface area contributed by atoms with Crippen molar-refractivity contribution in [3.8, 4) is 0 Å². The van der Waals surface area contributed by atoms with Gasteiger partial charge in [-0.2, -0.15) is 0 Å². The first-order valence-corrected chi connectivity index (χ1v) is 6.01. The predicted molar refractivity (Wildman–Crippen MR) is 69.2 cm³/mol. The van der Waals surface area contributed by atoms with Gasteiger partial charge in [-0.15, -0.1) is 0 Å². The van der Waals surface area contributed by atoms with Crippen LogP contribution < -0.4 is 11.1 Å². The molecule has 0 aromatic heterocycles. The van der Waals surface area contributed by atoms with E-state index >= 15 is 0 Å². The van der Waals surface area contributed by atoms with Crippen molar-refractivity contribution in [2.75, 3.05) is 18.4 Å². The van der Waals surface area contributed by atoms with Gasteiger partial charge in [0.1, 0.15) is 0 Å². The van der Waals surface area contributed by atoms with Gasteiger partial charge in [-0.1, -0.05) is 30.7 Å². The Balaban J connectivity index is 2.01. The summed E-state index contributed by atoms with van der Waals surface area (Å²) in [7, 11) is 0. The maximum absolute atomic E-state index is 12.0. The van der Waals surface area contributed by atoms with E-state index in [1.807, 2.05) is 19.1 Å². The molecule has 0 aliphatic carbocycles. The molecular weight excluding hydrogens is 238 g/mol. The van der Waals surface area contributed by atoms with Gasteiger partial charge in [0, 0.05) is 19.1 Å². The molecule has 4 nitrogen and oxygen atoms in total. The molecule has 2 atom stereocenters. The Hall–Kier alpha value is -1.26. The van der Waals surface area contributed by atoms with E-state index < -0.39 is 0 Å². The third-order valence-corrected chi connectivity index (χ3v) is 3.40. The number of urea groups is 1. The van der Waals surface area contributed by atoms with Crippen molar-refractivity contribution < 1.29 is 4.79 Å². The van der Waals surface area contributed by atoms with Gasteiger partial charge in [0.2, 0.25) is 0 Å². The maximum atomic E-state index is 12.0. The van der Waals surface area contributed by atoms with E-state index in [0.717, 1.165) is 0 Å². The fraction of sp³-hybridized carbons (Fsp3) is 0.417. The van der Waals surface area contributed by atoms with Crippen LogP contribution in [0.25, 0.3) is 0 Å². The zero-order valence-electron chi connectivity index (χ0n) is 9.69. The van der Waals surface area contributed by atoms with Crippen LogP contribution in [0.5, 0.6) is 0 Å². The summed E-state index contributed by atoms with van der Waals surface area (Å²) in [6.45, 7) is 3.34. The summed E-state index contributed by atoms with van der Waals surface area (Å²) >= 11 is 5.97. The molecule has 1 aliphatic heterocycles. The molecular formula is C12H16ClN3O. The van der Waals surface area contributed by atoms with E-state index in [9.17, 15) is 4.79 Å². The lowest BCUT2D eigenvalue weighted by molar-refractivity contribution is 0.221. The molecule has 1 aromatic rings. The van der Waals surface area contributed by atoms with Crippen molar-refractivity contribution in [1.82, 2.24) is 4.90 Å². The van der Waals surface area contributed by atoms with Crippen LogP contribution in [-0.4, -0.2) is 30.1 Å². The first-order valence-electron chi connectivity index (χ1n) is 5.64. The number of nitrogens with one attached hydrogen (secondary N) is 1. The highest BCUT2D eigenvalue weighted by atomic mass is 35.5. The van der Waals surface area contributed by atoms with Crippen molar-refractivity contribution >= 4 is 23.3 Å². The number of hydrogen-bond donors (Lipinski definition) is 2. The van der Waals surface area contributed by atoms with Gasteiger partial charge < -0.3 is 16.0 Å². The molecule has 0 saturated carbocycles. The number of amides is 2. The molecule has 0 spiro atoms. The number of nitrogens with two attached hydrogens (primary N) is 1. The molecule has 1 fully saturated rings. The second-order valence-corrected chi connectivity index (χ2v) is 4.86. The van der Waals surface area contributed by atoms with Crippen LogP contribution in [0.15, 0.2) is 24.3 Å². The summed E-state index contributed by atoms with van der Waals surface area (Å²) in [6.07, 6.45) is 0. The average molecular weight is 254 g/mol. The minimum atomic E-state index is -0.141. The molecule has 1 aliphatic rings. The second kappa shape index (κ2) is 4.94. The molecule has 3 N–H and O–H groups in total. The molecule has 0 radical (unpaired) electrons. The topological polar surface area (TPSA) is 58.4 Å². The minimum absolute atomic E-state index is 0.0620. The van der Waals surface area contributed by atoms with Gasteiger partial charge in [-0.3, -0.25) is 0 Å². The van der Waals surface area contributed by atoms with Crippen molar-refractivity contribution in [3.63, 3.8) is 0 Å². The summed E-state index contributed by atoms with van der Waals surface area (Å²) in [5.41, 5.74) is 6.51. The first kappa shape index (κ1) is 12.2. The lowest BCUT2D eigenvalue weighted by Gasteiger charge is -2.17. The maximum Gasteiger partial charge on any atom is 0.321 e. The number of carbonyl (C=O) groups is 1. The average Bonchev–Trinajstić information content (AvgIpc) is 2.63. The monoisotopic (exact) mass is 253 g/mol. The van der Waals surface area contributed by atoms with E-state index in [1.54, 1.807) is 17.0 Å². The molecule has 5 heteroatoms. The van der Waals surface area contributed by atoms with Crippen LogP contribution in [-0.2, 0) is 0 Å². The zero-order valence-corrected chi connectivity index (χ0v) is 10.4. The van der Waals surface area contributed by atoms with Crippen LogP contribution in [0.4, 0.5) is 10.5 Å². The first-order chi connectivity index (χ1) is 8.08. The Bertz CT molecular complexity index is 414. The van der Waals surface area contributed by atoms with Gasteiger partial charge in [0.05, 0.1) is 10.7 Å². The van der Waals surface area contributed by atoms with Gasteiger partial charge in [0.15, 0.2) is 0 Å². The number of rotatable bonds is 1. The van der Waals surface area contributed by atoms with E-state index in [1.165, 1.54) is 0 Å². The summed E-state index contributed by atoms with van der Waals surface area (Å²) < 4.78 is 0. The number of halogens is 1. The lowest BCUT2D eigenvalue weighted by atomic mass is 10.1. The summed E-state index contributed by atoms with van der Waals surface area (Å²) in [5.74, 6) is 0.340. The number of likely N-dealkylation sites (tertiary alicyclic amines) is 1. The summed E-state index contributed by atoms with van der Waals surface area (Å²) in [4.78, 5) is 13.7. The number of anilines is 1. The van der Waals surface area contributed by atoms with Crippen molar-refractivity contribution in [2.45, 2.75) is 13.0 Å². The van der Waals surface area contributed by atoms with Crippen LogP contribution in [0.1, 0.15) is 6.92 Å². The standard InChI is InChI=1S/C12H16ClN3O/c1-8-6-16(7-10(8)14)12(17)15-11-5-3-2-4-9(11)13/h2-5,8,10H,6-7,14H2,1H3,(H,15,17). The fourth-order valence-electron chi connectivity index (χ4n) is 1.91. The number of benzene rings is 1. The molecule has 0 bridgehead atoms. The van der Waals surface area contributed by atoms with Gasteiger partial charge in [-0.05, 0) is 18.1 Å². The van der Waals surface area contributed by atoms with Crippen LogP contribution in [0, 0.1) is 5.92 Å². The van der Waals surface area contributed by atoms with Crippen LogP contribution in [0.3, 0.4) is 0 Å². The predicted octanol–water partition coefficient (Wildman–Crippen LogP) is 2.15. The van der Waals surface area contributed by atoms with E-state index in [0.29, 0.717) is 29.7 Å². The zero-order chi connectivity index (χ0) is 12.4. The molecule has 17 heavy (non-hydrogen) atoms. The van der Waals surface area contributed by atoms with E-state index in [2.05, 4.69) is 5.32 Å². The Kier molecular flexibility index (Phi) is 3.54. The number of hydrogen-bond acceptors (Lipinski definition) is 2. The highest BCUT2D eigenvalue weighted by molar-refractivity contribution is 6.33. The highest BCUT2D eigenvalue weighted by Gasteiger charge is 2.29. The van der Waals surface area contributed by atoms with Crippen molar-refractivity contribution in [3.05, 3.63) is 29.3 Å². The quantitative estimate of drug-likeness (QED) is 0.806. The second-order valence-electron chi connectivity index (χ2n) is 4.46. The number of para-hydroxylation sites is 1. The van der Waals surface area contributed by atoms with E-state index in [4.69, 9.17) is 17.3 Å². The number of carbonyl (C=O) groups excluding carboxylic acids is 1. The third-order valence-electron chi connectivity index (χ3n) is 3.07. The molecule has 1 saturated heterocycles. The van der Waals surface area contributed by atoms with Gasteiger partial charge in [-0.25, -0.2) is 4.79 Å². The molecule has 92 valence electrons. The third kappa shape index (κ3) is 2.70. The summed E-state index contributed by atoms with van der Waals surface area (Å²) in [6, 6.07) is 7.10. The smallest absolute Gasteiger partial charge is 0.321 e. The summed E-state index contributed by atoms with van der Waals surface area (Å²) in [5, 5.41) is 3.33. The Morgan fingerprint density at radius 3 is 2.76 bits per heavy atom. The van der Waals surface area contributed by atoms with Gasteiger partial charge in [0.25, 0.3) is 0 Å². The largest absolute Gasteiger partial charge is 0.326 e. The Labute approximate surface area is 106 Å². The SMILES string of the molecule is CC1CN(C(=O)Nc2ccccc2Cl)CC1N. The van der Waals surface area contributed by atoms with Gasteiger partial charge >= 0.3 is 6.03 Å². The van der Waals surface area contributed by atoms with E-state index in [-0.39, 0.29) is 12.1 Å². The molecule has 2 amide bonds. The molecule has 1 aromatic carbocycles. The molecule has 2 rings (SSSR count). The molecule has 2 unspecified atom stereocenters. The fourth-order valence-corrected chi connectivity index (χ4v) is 2.10. The highest BCUT2D eigenvalue weighted by Crippen LogP contribution is 2.22. The normalized spacial score (nSPS) is 23.8. The molecule has 1 heterocycles. The lowest BCUT2D eigenvalue weighted by Crippen LogP contribution is -2.35.